The van der Waals surface area contributed by atoms with Gasteiger partial charge in [0.15, 0.2) is 12.4 Å². The highest BCUT2D eigenvalue weighted by Gasteiger charge is 2.47. The normalized spacial score (nSPS) is 34.4. The molecule has 0 aromatic heterocycles. The zero-order valence-electron chi connectivity index (χ0n) is 10.9. The molecule has 1 unspecified atom stereocenters. The number of aliphatic hydroxyl groups excluding tert-OH is 1. The minimum Gasteiger partial charge on any atom is -0.457 e. The van der Waals surface area contributed by atoms with Crippen LogP contribution in [0.4, 0.5) is 0 Å². The lowest BCUT2D eigenvalue weighted by Gasteiger charge is -2.42. The van der Waals surface area contributed by atoms with Crippen molar-refractivity contribution in [1.82, 2.24) is 0 Å². The molecule has 0 amide bonds. The SMILES string of the molecule is COC1O[C@H](CO)[C@@H](OC)[C@H](N=[N+]=[N-])[C@H]1OC(C)=O. The highest BCUT2D eigenvalue weighted by Crippen LogP contribution is 2.28. The van der Waals surface area contributed by atoms with Gasteiger partial charge < -0.3 is 24.1 Å². The summed E-state index contributed by atoms with van der Waals surface area (Å²) < 4.78 is 20.7. The van der Waals surface area contributed by atoms with E-state index in [2.05, 4.69) is 10.0 Å². The van der Waals surface area contributed by atoms with E-state index in [9.17, 15) is 9.90 Å². The first-order chi connectivity index (χ1) is 9.08. The van der Waals surface area contributed by atoms with Gasteiger partial charge in [0.25, 0.3) is 0 Å². The van der Waals surface area contributed by atoms with E-state index >= 15 is 0 Å². The van der Waals surface area contributed by atoms with E-state index in [0.717, 1.165) is 0 Å². The predicted octanol–water partition coefficient (Wildman–Crippen LogP) is -0.0244. The maximum Gasteiger partial charge on any atom is 0.303 e. The molecule has 0 spiro atoms. The molecule has 1 aliphatic rings. The Kier molecular flexibility index (Phi) is 6.00. The smallest absolute Gasteiger partial charge is 0.303 e. The molecule has 19 heavy (non-hydrogen) atoms. The lowest BCUT2D eigenvalue weighted by molar-refractivity contribution is -0.275. The number of azide groups is 1. The topological polar surface area (TPSA) is 123 Å². The standard InChI is InChI=1S/C10H17N3O6/c1-5(15)18-9-7(12-13-11)8(16-2)6(4-14)19-10(9)17-3/h6-10,14H,4H2,1-3H3/t6-,7+,8-,9-,10?/m1/s1. The lowest BCUT2D eigenvalue weighted by atomic mass is 9.96. The van der Waals surface area contributed by atoms with Crippen LogP contribution in [0.15, 0.2) is 5.11 Å². The molecule has 108 valence electrons. The van der Waals surface area contributed by atoms with Crippen LogP contribution in [0.2, 0.25) is 0 Å². The fourth-order valence-electron chi connectivity index (χ4n) is 2.03. The Morgan fingerprint density at radius 1 is 1.42 bits per heavy atom. The number of carbonyl (C=O) groups excluding carboxylic acids is 1. The van der Waals surface area contributed by atoms with Crippen LogP contribution in [0.1, 0.15) is 6.92 Å². The van der Waals surface area contributed by atoms with Crippen molar-refractivity contribution in [2.45, 2.75) is 37.6 Å². The number of carbonyl (C=O) groups is 1. The fraction of sp³-hybridized carbons (Fsp3) is 0.900. The van der Waals surface area contributed by atoms with E-state index in [1.54, 1.807) is 0 Å². The van der Waals surface area contributed by atoms with E-state index in [1.807, 2.05) is 0 Å². The zero-order chi connectivity index (χ0) is 14.4. The number of ether oxygens (including phenoxy) is 4. The third-order valence-electron chi connectivity index (χ3n) is 2.79. The van der Waals surface area contributed by atoms with Crippen molar-refractivity contribution in [2.24, 2.45) is 5.11 Å². The number of hydrogen-bond donors (Lipinski definition) is 1. The zero-order valence-corrected chi connectivity index (χ0v) is 10.9. The summed E-state index contributed by atoms with van der Waals surface area (Å²) in [5.41, 5.74) is 8.62. The Morgan fingerprint density at radius 3 is 2.53 bits per heavy atom. The van der Waals surface area contributed by atoms with E-state index in [0.29, 0.717) is 0 Å². The molecule has 0 radical (unpaired) electrons. The molecule has 0 bridgehead atoms. The fourth-order valence-corrected chi connectivity index (χ4v) is 2.03. The van der Waals surface area contributed by atoms with Crippen LogP contribution in [0.5, 0.6) is 0 Å². The van der Waals surface area contributed by atoms with Gasteiger partial charge >= 0.3 is 5.97 Å². The monoisotopic (exact) mass is 275 g/mol. The quantitative estimate of drug-likeness (QED) is 0.325. The summed E-state index contributed by atoms with van der Waals surface area (Å²) in [6.07, 6.45) is -3.36. The van der Waals surface area contributed by atoms with Crippen LogP contribution in [-0.4, -0.2) is 62.5 Å². The summed E-state index contributed by atoms with van der Waals surface area (Å²) in [6, 6.07) is -0.852. The molecule has 1 saturated heterocycles. The van der Waals surface area contributed by atoms with Crippen molar-refractivity contribution >= 4 is 5.97 Å². The first-order valence-corrected chi connectivity index (χ1v) is 5.62. The molecule has 1 N–H and O–H groups in total. The minimum absolute atomic E-state index is 0.345. The summed E-state index contributed by atoms with van der Waals surface area (Å²) >= 11 is 0. The molecular weight excluding hydrogens is 258 g/mol. The second kappa shape index (κ2) is 7.27. The molecule has 0 aromatic rings. The van der Waals surface area contributed by atoms with Crippen LogP contribution >= 0.6 is 0 Å². The molecule has 9 nitrogen and oxygen atoms in total. The first kappa shape index (κ1) is 15.7. The molecule has 0 aromatic carbocycles. The van der Waals surface area contributed by atoms with Gasteiger partial charge in [-0.3, -0.25) is 4.79 Å². The van der Waals surface area contributed by atoms with Gasteiger partial charge in [-0.2, -0.15) is 0 Å². The van der Waals surface area contributed by atoms with Crippen molar-refractivity contribution in [3.05, 3.63) is 10.4 Å². The summed E-state index contributed by atoms with van der Waals surface area (Å²) in [5.74, 6) is -0.564. The van der Waals surface area contributed by atoms with Gasteiger partial charge in [-0.1, -0.05) is 5.11 Å². The maximum absolute atomic E-state index is 11.1. The Bertz CT molecular complexity index is 359. The van der Waals surface area contributed by atoms with Crippen molar-refractivity contribution < 1.29 is 28.8 Å². The van der Waals surface area contributed by atoms with Crippen LogP contribution in [0.25, 0.3) is 10.4 Å². The number of aliphatic hydroxyl groups is 1. The third-order valence-corrected chi connectivity index (χ3v) is 2.79. The second-order valence-electron chi connectivity index (χ2n) is 3.93. The molecular formula is C10H17N3O6. The highest BCUT2D eigenvalue weighted by molar-refractivity contribution is 5.66. The van der Waals surface area contributed by atoms with Crippen molar-refractivity contribution in [1.29, 1.82) is 0 Å². The van der Waals surface area contributed by atoms with Crippen LogP contribution in [0.3, 0.4) is 0 Å². The number of hydrogen-bond acceptors (Lipinski definition) is 7. The van der Waals surface area contributed by atoms with Crippen LogP contribution < -0.4 is 0 Å². The van der Waals surface area contributed by atoms with Crippen molar-refractivity contribution in [3.63, 3.8) is 0 Å². The number of esters is 1. The predicted molar refractivity (Wildman–Crippen MR) is 62.0 cm³/mol. The van der Waals surface area contributed by atoms with E-state index in [1.165, 1.54) is 21.1 Å². The van der Waals surface area contributed by atoms with Gasteiger partial charge in [0.2, 0.25) is 0 Å². The van der Waals surface area contributed by atoms with Crippen molar-refractivity contribution in [3.8, 4) is 0 Å². The third kappa shape index (κ3) is 3.55. The number of nitrogens with zero attached hydrogens (tertiary/aromatic N) is 3. The molecule has 1 fully saturated rings. The average molecular weight is 275 g/mol. The van der Waals surface area contributed by atoms with Gasteiger partial charge in [0.1, 0.15) is 12.1 Å². The summed E-state index contributed by atoms with van der Waals surface area (Å²) in [5, 5.41) is 12.8. The molecule has 1 rings (SSSR count). The molecule has 5 atom stereocenters. The van der Waals surface area contributed by atoms with E-state index in [4.69, 9.17) is 24.5 Å². The Hall–Kier alpha value is -1.38. The largest absolute Gasteiger partial charge is 0.457 e. The van der Waals surface area contributed by atoms with Gasteiger partial charge in [-0.15, -0.1) is 0 Å². The van der Waals surface area contributed by atoms with Gasteiger partial charge in [0.05, 0.1) is 12.7 Å². The summed E-state index contributed by atoms with van der Waals surface area (Å²) in [7, 11) is 2.74. The average Bonchev–Trinajstić information content (AvgIpc) is 2.39. The second-order valence-corrected chi connectivity index (χ2v) is 3.93. The lowest BCUT2D eigenvalue weighted by Crippen LogP contribution is -2.60. The van der Waals surface area contributed by atoms with Gasteiger partial charge in [-0.25, -0.2) is 0 Å². The minimum atomic E-state index is -0.942. The molecule has 9 heteroatoms. The summed E-state index contributed by atoms with van der Waals surface area (Å²) in [6.45, 7) is 0.877. The molecule has 1 heterocycles. The molecule has 0 aliphatic carbocycles. The first-order valence-electron chi connectivity index (χ1n) is 5.62. The van der Waals surface area contributed by atoms with E-state index in [-0.39, 0.29) is 6.61 Å². The summed E-state index contributed by atoms with van der Waals surface area (Å²) in [4.78, 5) is 13.8. The van der Waals surface area contributed by atoms with Gasteiger partial charge in [0, 0.05) is 26.1 Å². The molecule has 1 aliphatic heterocycles. The Balaban J connectivity index is 3.06. The molecule has 0 saturated carbocycles. The Morgan fingerprint density at radius 2 is 2.11 bits per heavy atom. The van der Waals surface area contributed by atoms with E-state index < -0.39 is 36.6 Å². The Labute approximate surface area is 110 Å². The maximum atomic E-state index is 11.1. The van der Waals surface area contributed by atoms with Crippen molar-refractivity contribution in [2.75, 3.05) is 20.8 Å². The number of methoxy groups -OCH3 is 2. The highest BCUT2D eigenvalue weighted by atomic mass is 16.7. The van der Waals surface area contributed by atoms with Gasteiger partial charge in [-0.05, 0) is 5.53 Å². The number of rotatable bonds is 5. The van der Waals surface area contributed by atoms with Crippen LogP contribution in [-0.2, 0) is 23.7 Å². The van der Waals surface area contributed by atoms with Crippen LogP contribution in [0, 0.1) is 0 Å².